The lowest BCUT2D eigenvalue weighted by Gasteiger charge is -2.13. The average molecular weight is 361 g/mol. The first-order chi connectivity index (χ1) is 10.4. The Balaban J connectivity index is 2.80. The van der Waals surface area contributed by atoms with Crippen molar-refractivity contribution in [3.05, 3.63) is 54.9 Å². The smallest absolute Gasteiger partial charge is 0.344 e. The van der Waals surface area contributed by atoms with Crippen LogP contribution in [0.25, 0.3) is 11.1 Å². The van der Waals surface area contributed by atoms with Crippen LogP contribution in [0.2, 0.25) is 15.1 Å². The minimum absolute atomic E-state index is 0.143. The van der Waals surface area contributed by atoms with E-state index in [1.54, 1.807) is 32.0 Å². The highest BCUT2D eigenvalue weighted by atomic mass is 35.5. The molecule has 1 heterocycles. The molecule has 2 rings (SSSR count). The van der Waals surface area contributed by atoms with E-state index >= 15 is 0 Å². The molecular weight excluding hydrogens is 349 g/mol. The van der Waals surface area contributed by atoms with Crippen LogP contribution in [0.3, 0.4) is 0 Å². The van der Waals surface area contributed by atoms with Crippen molar-refractivity contribution in [2.45, 2.75) is 13.8 Å². The summed E-state index contributed by atoms with van der Waals surface area (Å²) in [4.78, 5) is 26.8. The first-order valence-electron chi connectivity index (χ1n) is 6.41. The van der Waals surface area contributed by atoms with Gasteiger partial charge in [0.05, 0.1) is 21.7 Å². The molecule has 0 saturated carbocycles. The quantitative estimate of drug-likeness (QED) is 0.821. The molecule has 116 valence electrons. The summed E-state index contributed by atoms with van der Waals surface area (Å²) in [6, 6.07) is 4.75. The first kappa shape index (κ1) is 16.9. The van der Waals surface area contributed by atoms with Gasteiger partial charge in [-0.25, -0.2) is 4.79 Å². The molecule has 0 saturated heterocycles. The Morgan fingerprint density at radius 3 is 2.50 bits per heavy atom. The highest BCUT2D eigenvalue weighted by Gasteiger charge is 2.23. The van der Waals surface area contributed by atoms with E-state index in [1.807, 2.05) is 0 Å². The number of carbonyl (C=O) groups excluding carboxylic acids is 1. The Hall–Kier alpha value is -1.49. The second-order valence-corrected chi connectivity index (χ2v) is 5.68. The maximum atomic E-state index is 12.2. The molecule has 22 heavy (non-hydrogen) atoms. The number of benzene rings is 1. The third kappa shape index (κ3) is 3.14. The average Bonchev–Trinajstić information content (AvgIpc) is 2.45. The third-order valence-corrected chi connectivity index (χ3v) is 4.23. The molecule has 1 aromatic carbocycles. The summed E-state index contributed by atoms with van der Waals surface area (Å²) >= 11 is 18.2. The maximum absolute atomic E-state index is 12.2. The summed E-state index contributed by atoms with van der Waals surface area (Å²) in [6.45, 7) is 3.44. The van der Waals surface area contributed by atoms with Crippen LogP contribution in [0.15, 0.2) is 23.0 Å². The number of rotatable bonds is 3. The zero-order valence-electron chi connectivity index (χ0n) is 11.8. The summed E-state index contributed by atoms with van der Waals surface area (Å²) in [5, 5.41) is 0.907. The number of nitrogens with one attached hydrogen (secondary N) is 1. The third-order valence-electron chi connectivity index (χ3n) is 3.01. The van der Waals surface area contributed by atoms with Crippen LogP contribution in [0.1, 0.15) is 23.0 Å². The number of aromatic nitrogens is 1. The van der Waals surface area contributed by atoms with Crippen molar-refractivity contribution in [2.75, 3.05) is 6.61 Å². The van der Waals surface area contributed by atoms with E-state index in [9.17, 15) is 9.59 Å². The van der Waals surface area contributed by atoms with E-state index in [2.05, 4.69) is 4.98 Å². The van der Waals surface area contributed by atoms with Crippen LogP contribution < -0.4 is 5.56 Å². The van der Waals surface area contributed by atoms with Crippen molar-refractivity contribution in [1.29, 1.82) is 0 Å². The molecule has 7 heteroatoms. The van der Waals surface area contributed by atoms with Gasteiger partial charge in [-0.3, -0.25) is 4.79 Å². The van der Waals surface area contributed by atoms with Crippen LogP contribution in [0.5, 0.6) is 0 Å². The van der Waals surface area contributed by atoms with Gasteiger partial charge in [0.1, 0.15) is 5.56 Å². The number of ether oxygens (including phenoxy) is 1. The Labute approximate surface area is 142 Å². The van der Waals surface area contributed by atoms with Gasteiger partial charge in [0.25, 0.3) is 5.56 Å². The first-order valence-corrected chi connectivity index (χ1v) is 7.55. The monoisotopic (exact) mass is 359 g/mol. The number of esters is 1. The van der Waals surface area contributed by atoms with E-state index in [1.165, 1.54) is 0 Å². The van der Waals surface area contributed by atoms with Crippen LogP contribution >= 0.6 is 34.8 Å². The summed E-state index contributed by atoms with van der Waals surface area (Å²) in [7, 11) is 0. The van der Waals surface area contributed by atoms with E-state index in [0.29, 0.717) is 21.3 Å². The van der Waals surface area contributed by atoms with E-state index < -0.39 is 11.5 Å². The fourth-order valence-corrected chi connectivity index (χ4v) is 2.57. The largest absolute Gasteiger partial charge is 0.462 e. The summed E-state index contributed by atoms with van der Waals surface area (Å²) in [6.07, 6.45) is 0. The van der Waals surface area contributed by atoms with Crippen LogP contribution in [-0.4, -0.2) is 17.6 Å². The number of pyridine rings is 1. The Morgan fingerprint density at radius 2 is 1.91 bits per heavy atom. The van der Waals surface area contributed by atoms with Crippen LogP contribution in [0, 0.1) is 6.92 Å². The van der Waals surface area contributed by atoms with Gasteiger partial charge in [-0.1, -0.05) is 40.9 Å². The van der Waals surface area contributed by atoms with Crippen molar-refractivity contribution in [1.82, 2.24) is 4.98 Å². The van der Waals surface area contributed by atoms with Gasteiger partial charge in [0, 0.05) is 11.3 Å². The van der Waals surface area contributed by atoms with Crippen LogP contribution in [0.4, 0.5) is 0 Å². The number of aromatic amines is 1. The number of halogens is 3. The van der Waals surface area contributed by atoms with Gasteiger partial charge in [0.2, 0.25) is 0 Å². The summed E-state index contributed by atoms with van der Waals surface area (Å²) in [5.74, 6) is -0.744. The number of H-pyrrole nitrogens is 1. The molecule has 4 nitrogen and oxygen atoms in total. The molecule has 1 aromatic heterocycles. The lowest BCUT2D eigenvalue weighted by molar-refractivity contribution is 0.0525. The summed E-state index contributed by atoms with van der Waals surface area (Å²) in [5.41, 5.74) is 0.509. The minimum Gasteiger partial charge on any atom is -0.462 e. The van der Waals surface area contributed by atoms with E-state index in [0.717, 1.165) is 0 Å². The molecule has 1 N–H and O–H groups in total. The molecule has 0 radical (unpaired) electrons. The Kier molecular flexibility index (Phi) is 5.16. The summed E-state index contributed by atoms with van der Waals surface area (Å²) < 4.78 is 4.94. The van der Waals surface area contributed by atoms with Gasteiger partial charge < -0.3 is 9.72 Å². The predicted octanol–water partition coefficient (Wildman–Crippen LogP) is 4.49. The molecule has 0 aliphatic rings. The number of hydrogen-bond acceptors (Lipinski definition) is 3. The fraction of sp³-hybridized carbons (Fsp3) is 0.200. The van der Waals surface area contributed by atoms with Gasteiger partial charge in [0.15, 0.2) is 0 Å². The van der Waals surface area contributed by atoms with Crippen molar-refractivity contribution in [3.63, 3.8) is 0 Å². The standard InChI is InChI=1S/C15H12Cl3NO3/c1-3-22-15(21)12-11(13(18)7(2)19-14(12)20)8-4-5-9(16)10(17)6-8/h4-6H,3H2,1-2H3,(H,19,20). The zero-order chi connectivity index (χ0) is 16.4. The molecule has 0 bridgehead atoms. The Bertz CT molecular complexity index is 799. The van der Waals surface area contributed by atoms with Crippen molar-refractivity contribution < 1.29 is 9.53 Å². The van der Waals surface area contributed by atoms with E-state index in [4.69, 9.17) is 39.5 Å². The van der Waals surface area contributed by atoms with Crippen molar-refractivity contribution in [2.24, 2.45) is 0 Å². The fourth-order valence-electron chi connectivity index (χ4n) is 2.02. The number of hydrogen-bond donors (Lipinski definition) is 1. The molecule has 0 fully saturated rings. The highest BCUT2D eigenvalue weighted by Crippen LogP contribution is 2.35. The molecule has 0 spiro atoms. The van der Waals surface area contributed by atoms with Crippen molar-refractivity contribution >= 4 is 40.8 Å². The SMILES string of the molecule is CCOC(=O)c1c(-c2ccc(Cl)c(Cl)c2)c(Cl)c(C)[nH]c1=O. The van der Waals surface area contributed by atoms with Gasteiger partial charge in [-0.05, 0) is 31.5 Å². The molecule has 0 atom stereocenters. The second kappa shape index (κ2) is 6.73. The Morgan fingerprint density at radius 1 is 1.23 bits per heavy atom. The lowest BCUT2D eigenvalue weighted by atomic mass is 10.00. The number of aryl methyl sites for hydroxylation is 1. The highest BCUT2D eigenvalue weighted by molar-refractivity contribution is 6.42. The molecule has 0 aliphatic carbocycles. The molecule has 0 aliphatic heterocycles. The van der Waals surface area contributed by atoms with Gasteiger partial charge in [-0.15, -0.1) is 0 Å². The predicted molar refractivity (Wildman–Crippen MR) is 88.2 cm³/mol. The lowest BCUT2D eigenvalue weighted by Crippen LogP contribution is -2.22. The van der Waals surface area contributed by atoms with Gasteiger partial charge >= 0.3 is 5.97 Å². The van der Waals surface area contributed by atoms with E-state index in [-0.39, 0.29) is 22.8 Å². The second-order valence-electron chi connectivity index (χ2n) is 4.49. The number of carbonyl (C=O) groups is 1. The zero-order valence-corrected chi connectivity index (χ0v) is 14.1. The normalized spacial score (nSPS) is 10.6. The molecule has 0 amide bonds. The topological polar surface area (TPSA) is 59.2 Å². The van der Waals surface area contributed by atoms with Crippen LogP contribution in [-0.2, 0) is 4.74 Å². The maximum Gasteiger partial charge on any atom is 0.344 e. The molecular formula is C15H12Cl3NO3. The minimum atomic E-state index is -0.744. The molecule has 0 unspecified atom stereocenters. The molecule has 2 aromatic rings. The van der Waals surface area contributed by atoms with Crippen molar-refractivity contribution in [3.8, 4) is 11.1 Å². The van der Waals surface area contributed by atoms with Gasteiger partial charge in [-0.2, -0.15) is 0 Å².